The Morgan fingerprint density at radius 1 is 1.70 bits per heavy atom. The van der Waals surface area contributed by atoms with Crippen LogP contribution >= 0.6 is 0 Å². The van der Waals surface area contributed by atoms with Crippen LogP contribution in [0.4, 0.5) is 0 Å². The lowest BCUT2D eigenvalue weighted by molar-refractivity contribution is -0.121. The van der Waals surface area contributed by atoms with Gasteiger partial charge in [0.15, 0.2) is 5.78 Å². The van der Waals surface area contributed by atoms with Crippen LogP contribution in [0.5, 0.6) is 0 Å². The molecule has 2 unspecified atom stereocenters. The Morgan fingerprint density at radius 3 is 2.50 bits per heavy atom. The fourth-order valence-corrected chi connectivity index (χ4v) is 0.580. The van der Waals surface area contributed by atoms with Gasteiger partial charge in [0.1, 0.15) is 0 Å². The van der Waals surface area contributed by atoms with E-state index in [1.807, 2.05) is 0 Å². The van der Waals surface area contributed by atoms with Crippen molar-refractivity contribution < 1.29 is 4.79 Å². The van der Waals surface area contributed by atoms with Crippen molar-refractivity contribution in [1.29, 1.82) is 0 Å². The van der Waals surface area contributed by atoms with Crippen LogP contribution in [-0.4, -0.2) is 31.5 Å². The minimum absolute atomic E-state index is 0.0370. The molecule has 4 nitrogen and oxygen atoms in total. The number of hydrogen-bond acceptors (Lipinski definition) is 4. The second kappa shape index (κ2) is 4.38. The summed E-state index contributed by atoms with van der Waals surface area (Å²) in [5.74, 6) is -0.0370. The first-order valence-corrected chi connectivity index (χ1v) is 3.30. The van der Waals surface area contributed by atoms with Gasteiger partial charge in [0.25, 0.3) is 0 Å². The number of nitrogens with two attached hydrogens (primary N) is 2. The van der Waals surface area contributed by atoms with Crippen LogP contribution in [0, 0.1) is 0 Å². The average Bonchev–Trinajstić information content (AvgIpc) is 2.00. The van der Waals surface area contributed by atoms with Crippen molar-refractivity contribution in [2.75, 3.05) is 13.6 Å². The summed E-state index contributed by atoms with van der Waals surface area (Å²) in [4.78, 5) is 11.0. The minimum atomic E-state index is -0.526. The minimum Gasteiger partial charge on any atom is -0.328 e. The topological polar surface area (TPSA) is 81.1 Å². The fraction of sp³-hybridized carbons (Fsp3) is 0.833. The molecule has 0 aliphatic heterocycles. The lowest BCUT2D eigenvalue weighted by Gasteiger charge is -2.12. The second-order valence-electron chi connectivity index (χ2n) is 2.25. The molecule has 0 amide bonds. The van der Waals surface area contributed by atoms with Gasteiger partial charge in [-0.3, -0.25) is 4.79 Å². The van der Waals surface area contributed by atoms with Crippen LogP contribution in [0.25, 0.3) is 0 Å². The molecule has 0 saturated carbocycles. The summed E-state index contributed by atoms with van der Waals surface area (Å²) < 4.78 is 0. The molecule has 0 saturated heterocycles. The maximum Gasteiger partial charge on any atom is 0.167 e. The third-order valence-electron chi connectivity index (χ3n) is 1.48. The highest BCUT2D eigenvalue weighted by atomic mass is 16.1. The lowest BCUT2D eigenvalue weighted by Crippen LogP contribution is -2.46. The number of likely N-dealkylation sites (N-methyl/N-ethyl adjacent to an activating group) is 1. The van der Waals surface area contributed by atoms with Crippen molar-refractivity contribution in [3.05, 3.63) is 0 Å². The summed E-state index contributed by atoms with van der Waals surface area (Å²) in [5.41, 5.74) is 10.6. The molecule has 0 aromatic rings. The highest BCUT2D eigenvalue weighted by molar-refractivity contribution is 5.88. The Hall–Kier alpha value is -0.450. The van der Waals surface area contributed by atoms with Crippen molar-refractivity contribution in [3.63, 3.8) is 0 Å². The maximum absolute atomic E-state index is 11.0. The Bertz CT molecular complexity index is 104. The predicted octanol–water partition coefficient (Wildman–Crippen LogP) is -1.55. The highest BCUT2D eigenvalue weighted by Gasteiger charge is 2.16. The highest BCUT2D eigenvalue weighted by Crippen LogP contribution is 1.86. The molecule has 0 rings (SSSR count). The van der Waals surface area contributed by atoms with Crippen molar-refractivity contribution in [2.24, 2.45) is 11.5 Å². The molecule has 0 fully saturated rings. The normalized spacial score (nSPS) is 16.4. The third-order valence-corrected chi connectivity index (χ3v) is 1.48. The first-order valence-electron chi connectivity index (χ1n) is 3.30. The van der Waals surface area contributed by atoms with Gasteiger partial charge in [0.05, 0.1) is 12.1 Å². The SMILES string of the molecule is CNC(C)C(=O)C(N)CN. The van der Waals surface area contributed by atoms with E-state index in [2.05, 4.69) is 5.32 Å². The molecule has 0 radical (unpaired) electrons. The van der Waals surface area contributed by atoms with Gasteiger partial charge >= 0.3 is 0 Å². The van der Waals surface area contributed by atoms with E-state index < -0.39 is 6.04 Å². The molecule has 0 spiro atoms. The predicted molar refractivity (Wildman–Crippen MR) is 40.6 cm³/mol. The van der Waals surface area contributed by atoms with E-state index in [9.17, 15) is 4.79 Å². The van der Waals surface area contributed by atoms with E-state index in [0.29, 0.717) is 0 Å². The molecule has 10 heavy (non-hydrogen) atoms. The van der Waals surface area contributed by atoms with Crippen LogP contribution in [0.3, 0.4) is 0 Å². The lowest BCUT2D eigenvalue weighted by atomic mass is 10.1. The van der Waals surface area contributed by atoms with E-state index in [1.54, 1.807) is 14.0 Å². The van der Waals surface area contributed by atoms with Gasteiger partial charge in [-0.2, -0.15) is 0 Å². The van der Waals surface area contributed by atoms with Crippen LogP contribution < -0.4 is 16.8 Å². The monoisotopic (exact) mass is 145 g/mol. The molecule has 0 aliphatic rings. The molecule has 2 atom stereocenters. The third kappa shape index (κ3) is 2.43. The largest absolute Gasteiger partial charge is 0.328 e. The van der Waals surface area contributed by atoms with Crippen LogP contribution in [-0.2, 0) is 4.79 Å². The van der Waals surface area contributed by atoms with Crippen molar-refractivity contribution >= 4 is 5.78 Å². The smallest absolute Gasteiger partial charge is 0.167 e. The van der Waals surface area contributed by atoms with E-state index in [0.717, 1.165) is 0 Å². The molecule has 0 aliphatic carbocycles. The summed E-state index contributed by atoms with van der Waals surface area (Å²) in [6.45, 7) is 1.97. The summed E-state index contributed by atoms with van der Waals surface area (Å²) in [5, 5.41) is 2.79. The summed E-state index contributed by atoms with van der Waals surface area (Å²) in [6, 6.07) is -0.721. The van der Waals surface area contributed by atoms with E-state index >= 15 is 0 Å². The van der Waals surface area contributed by atoms with E-state index in [-0.39, 0.29) is 18.4 Å². The first kappa shape index (κ1) is 9.55. The number of rotatable bonds is 4. The Morgan fingerprint density at radius 2 is 2.20 bits per heavy atom. The number of carbonyl (C=O) groups excluding carboxylic acids is 1. The molecule has 5 N–H and O–H groups in total. The first-order chi connectivity index (χ1) is 4.63. The maximum atomic E-state index is 11.0. The van der Waals surface area contributed by atoms with E-state index in [4.69, 9.17) is 11.5 Å². The number of hydrogen-bond donors (Lipinski definition) is 3. The zero-order chi connectivity index (χ0) is 8.15. The second-order valence-corrected chi connectivity index (χ2v) is 2.25. The van der Waals surface area contributed by atoms with Crippen LogP contribution in [0.2, 0.25) is 0 Å². The molecular weight excluding hydrogens is 130 g/mol. The molecule has 0 aromatic heterocycles. The quantitative estimate of drug-likeness (QED) is 0.447. The average molecular weight is 145 g/mol. The van der Waals surface area contributed by atoms with Gasteiger partial charge in [0.2, 0.25) is 0 Å². The van der Waals surface area contributed by atoms with Gasteiger partial charge in [-0.05, 0) is 14.0 Å². The summed E-state index contributed by atoms with van der Waals surface area (Å²) in [6.07, 6.45) is 0. The Labute approximate surface area is 61.0 Å². The number of ketones is 1. The van der Waals surface area contributed by atoms with Crippen molar-refractivity contribution in [2.45, 2.75) is 19.0 Å². The standard InChI is InChI=1S/C6H15N3O/c1-4(9-2)6(10)5(8)3-7/h4-5,9H,3,7-8H2,1-2H3. The molecule has 4 heteroatoms. The number of nitrogens with one attached hydrogen (secondary N) is 1. The molecule has 0 bridgehead atoms. The van der Waals surface area contributed by atoms with Gasteiger partial charge in [-0.25, -0.2) is 0 Å². The molecular formula is C6H15N3O. The van der Waals surface area contributed by atoms with Crippen LogP contribution in [0.1, 0.15) is 6.92 Å². The van der Waals surface area contributed by atoms with Gasteiger partial charge in [-0.15, -0.1) is 0 Å². The Balaban J connectivity index is 3.82. The van der Waals surface area contributed by atoms with Crippen molar-refractivity contribution in [1.82, 2.24) is 5.32 Å². The van der Waals surface area contributed by atoms with E-state index in [1.165, 1.54) is 0 Å². The summed E-state index contributed by atoms with van der Waals surface area (Å²) >= 11 is 0. The zero-order valence-electron chi connectivity index (χ0n) is 6.42. The number of Topliss-reactive ketones (excluding diaryl/α,β-unsaturated/α-hetero) is 1. The van der Waals surface area contributed by atoms with Crippen LogP contribution in [0.15, 0.2) is 0 Å². The van der Waals surface area contributed by atoms with Gasteiger partial charge in [0, 0.05) is 6.54 Å². The summed E-state index contributed by atoms with van der Waals surface area (Å²) in [7, 11) is 1.71. The zero-order valence-corrected chi connectivity index (χ0v) is 6.42. The number of carbonyl (C=O) groups is 1. The molecule has 60 valence electrons. The molecule has 0 aromatic carbocycles. The molecule has 0 heterocycles. The Kier molecular flexibility index (Phi) is 4.18. The van der Waals surface area contributed by atoms with Gasteiger partial charge < -0.3 is 16.8 Å². The fourth-order valence-electron chi connectivity index (χ4n) is 0.580. The van der Waals surface area contributed by atoms with Crippen molar-refractivity contribution in [3.8, 4) is 0 Å². The van der Waals surface area contributed by atoms with Gasteiger partial charge in [-0.1, -0.05) is 0 Å².